The normalized spacial score (nSPS) is 11.7. The van der Waals surface area contributed by atoms with Gasteiger partial charge in [0.05, 0.1) is 12.5 Å². The number of esters is 1. The largest absolute Gasteiger partial charge is 0.455 e. The number of carbonyl (C=O) groups is 2. The highest BCUT2D eigenvalue weighted by Crippen LogP contribution is 2.16. The predicted molar refractivity (Wildman–Crippen MR) is 89.7 cm³/mol. The molecule has 0 aliphatic rings. The summed E-state index contributed by atoms with van der Waals surface area (Å²) < 4.78 is 5.96. The zero-order chi connectivity index (χ0) is 15.9. The van der Waals surface area contributed by atoms with E-state index in [1.165, 1.54) is 11.3 Å². The van der Waals surface area contributed by atoms with E-state index in [4.69, 9.17) is 4.74 Å². The van der Waals surface area contributed by atoms with Crippen molar-refractivity contribution in [2.24, 2.45) is 0 Å². The fourth-order valence-electron chi connectivity index (χ4n) is 1.87. The van der Waals surface area contributed by atoms with Crippen LogP contribution in [0.4, 0.5) is 0 Å². The van der Waals surface area contributed by atoms with Crippen molar-refractivity contribution in [2.75, 3.05) is 6.61 Å². The lowest BCUT2D eigenvalue weighted by Gasteiger charge is -2.14. The van der Waals surface area contributed by atoms with Crippen LogP contribution in [0.25, 0.3) is 0 Å². The van der Waals surface area contributed by atoms with Gasteiger partial charge in [0, 0.05) is 9.35 Å². The third-order valence-electron chi connectivity index (χ3n) is 3.01. The Balaban J connectivity index is 1.75. The van der Waals surface area contributed by atoms with Crippen molar-refractivity contribution in [3.05, 3.63) is 56.7 Å². The molecule has 4 nitrogen and oxygen atoms in total. The Labute approximate surface area is 141 Å². The van der Waals surface area contributed by atoms with Gasteiger partial charge in [-0.3, -0.25) is 9.59 Å². The van der Waals surface area contributed by atoms with E-state index in [0.717, 1.165) is 14.9 Å². The van der Waals surface area contributed by atoms with Gasteiger partial charge in [-0.05, 0) is 36.1 Å². The van der Waals surface area contributed by atoms with E-state index in [1.807, 2.05) is 48.7 Å². The second-order valence-electron chi connectivity index (χ2n) is 4.76. The number of rotatable bonds is 6. The Bertz CT molecular complexity index is 625. The molecule has 0 bridgehead atoms. The quantitative estimate of drug-likeness (QED) is 0.779. The topological polar surface area (TPSA) is 55.4 Å². The lowest BCUT2D eigenvalue weighted by atomic mass is 10.1. The molecule has 1 heterocycles. The molecule has 1 amide bonds. The second-order valence-corrected chi connectivity index (χ2v) is 6.71. The Morgan fingerprint density at radius 3 is 2.64 bits per heavy atom. The Morgan fingerprint density at radius 1 is 1.27 bits per heavy atom. The van der Waals surface area contributed by atoms with Gasteiger partial charge in [-0.1, -0.05) is 34.1 Å². The summed E-state index contributed by atoms with van der Waals surface area (Å²) in [6.45, 7) is 1.62. The van der Waals surface area contributed by atoms with E-state index in [2.05, 4.69) is 21.2 Å². The van der Waals surface area contributed by atoms with Gasteiger partial charge in [-0.2, -0.15) is 0 Å². The molecule has 1 aromatic heterocycles. The number of nitrogens with one attached hydrogen (secondary N) is 1. The van der Waals surface area contributed by atoms with Crippen LogP contribution in [0, 0.1) is 0 Å². The number of hydrogen-bond acceptors (Lipinski definition) is 4. The fourth-order valence-corrected chi connectivity index (χ4v) is 2.83. The molecular formula is C16H16BrNO3S. The third-order valence-corrected chi connectivity index (χ3v) is 4.42. The first kappa shape index (κ1) is 16.7. The number of halogens is 1. The van der Waals surface area contributed by atoms with Crippen molar-refractivity contribution in [3.8, 4) is 0 Å². The van der Waals surface area contributed by atoms with Gasteiger partial charge in [0.25, 0.3) is 5.91 Å². The van der Waals surface area contributed by atoms with Crippen LogP contribution in [0.5, 0.6) is 0 Å². The van der Waals surface area contributed by atoms with Gasteiger partial charge in [0.2, 0.25) is 0 Å². The first-order valence-electron chi connectivity index (χ1n) is 6.77. The molecule has 0 saturated carbocycles. The fraction of sp³-hybridized carbons (Fsp3) is 0.250. The van der Waals surface area contributed by atoms with Gasteiger partial charge in [-0.15, -0.1) is 11.3 Å². The minimum atomic E-state index is -0.395. The van der Waals surface area contributed by atoms with Crippen molar-refractivity contribution >= 4 is 39.1 Å². The number of thiophene rings is 1. The van der Waals surface area contributed by atoms with Gasteiger partial charge in [0.1, 0.15) is 0 Å². The molecule has 0 fully saturated rings. The van der Waals surface area contributed by atoms with Gasteiger partial charge in [-0.25, -0.2) is 0 Å². The summed E-state index contributed by atoms with van der Waals surface area (Å²) in [5.41, 5.74) is 0.987. The van der Waals surface area contributed by atoms with E-state index in [1.54, 1.807) is 0 Å². The first-order chi connectivity index (χ1) is 10.5. The molecule has 1 N–H and O–H groups in total. The molecule has 22 heavy (non-hydrogen) atoms. The van der Waals surface area contributed by atoms with Crippen molar-refractivity contribution in [1.29, 1.82) is 0 Å². The van der Waals surface area contributed by atoms with Crippen molar-refractivity contribution < 1.29 is 14.3 Å². The van der Waals surface area contributed by atoms with Crippen LogP contribution in [0.15, 0.2) is 46.3 Å². The molecule has 116 valence electrons. The van der Waals surface area contributed by atoms with Crippen molar-refractivity contribution in [2.45, 2.75) is 19.4 Å². The highest BCUT2D eigenvalue weighted by molar-refractivity contribution is 9.10. The number of amides is 1. The Kier molecular flexibility index (Phi) is 6.15. The van der Waals surface area contributed by atoms with Gasteiger partial charge < -0.3 is 10.1 Å². The van der Waals surface area contributed by atoms with Crippen LogP contribution in [0.3, 0.4) is 0 Å². The van der Waals surface area contributed by atoms with Crippen LogP contribution in [0.2, 0.25) is 0 Å². The maximum absolute atomic E-state index is 11.8. The number of ether oxygens (including phenoxy) is 1. The predicted octanol–water partition coefficient (Wildman–Crippen LogP) is 3.47. The zero-order valence-electron chi connectivity index (χ0n) is 12.0. The molecule has 0 saturated heterocycles. The van der Waals surface area contributed by atoms with E-state index in [9.17, 15) is 9.59 Å². The Morgan fingerprint density at radius 2 is 2.00 bits per heavy atom. The highest BCUT2D eigenvalue weighted by atomic mass is 79.9. The second kappa shape index (κ2) is 8.10. The monoisotopic (exact) mass is 381 g/mol. The van der Waals surface area contributed by atoms with Crippen LogP contribution in [-0.2, 0) is 20.7 Å². The van der Waals surface area contributed by atoms with Crippen molar-refractivity contribution in [3.63, 3.8) is 0 Å². The number of carbonyl (C=O) groups excluding carboxylic acids is 2. The smallest absolute Gasteiger partial charge is 0.311 e. The summed E-state index contributed by atoms with van der Waals surface area (Å²) in [4.78, 5) is 24.3. The third kappa shape index (κ3) is 5.27. The summed E-state index contributed by atoms with van der Waals surface area (Å²) in [6.07, 6.45) is 0.202. The molecule has 2 rings (SSSR count). The van der Waals surface area contributed by atoms with E-state index in [-0.39, 0.29) is 25.0 Å². The number of hydrogen-bond donors (Lipinski definition) is 1. The first-order valence-corrected chi connectivity index (χ1v) is 8.44. The number of benzene rings is 1. The SMILES string of the molecule is C[C@H](NC(=O)COC(=O)Cc1cccs1)c1ccc(Br)cc1. The molecule has 1 aromatic carbocycles. The maximum Gasteiger partial charge on any atom is 0.311 e. The summed E-state index contributed by atoms with van der Waals surface area (Å²) in [5, 5.41) is 4.70. The molecule has 6 heteroatoms. The Hall–Kier alpha value is -1.66. The highest BCUT2D eigenvalue weighted by Gasteiger charge is 2.12. The van der Waals surface area contributed by atoms with E-state index >= 15 is 0 Å². The molecule has 0 aliphatic heterocycles. The molecule has 0 aliphatic carbocycles. The molecule has 1 atom stereocenters. The van der Waals surface area contributed by atoms with Crippen LogP contribution in [-0.4, -0.2) is 18.5 Å². The van der Waals surface area contributed by atoms with Crippen LogP contribution < -0.4 is 5.32 Å². The van der Waals surface area contributed by atoms with E-state index in [0.29, 0.717) is 0 Å². The minimum Gasteiger partial charge on any atom is -0.455 e. The summed E-state index contributed by atoms with van der Waals surface area (Å²) >= 11 is 4.86. The standard InChI is InChI=1S/C16H16BrNO3S/c1-11(12-4-6-13(17)7-5-12)18-15(19)10-21-16(20)9-14-3-2-8-22-14/h2-8,11H,9-10H2,1H3,(H,18,19)/t11-/m0/s1. The molecule has 0 unspecified atom stereocenters. The van der Waals surface area contributed by atoms with Crippen LogP contribution in [0.1, 0.15) is 23.4 Å². The summed E-state index contributed by atoms with van der Waals surface area (Å²) in [7, 11) is 0. The van der Waals surface area contributed by atoms with Crippen LogP contribution >= 0.6 is 27.3 Å². The molecule has 0 radical (unpaired) electrons. The van der Waals surface area contributed by atoms with Gasteiger partial charge >= 0.3 is 5.97 Å². The minimum absolute atomic E-state index is 0.142. The van der Waals surface area contributed by atoms with E-state index < -0.39 is 5.97 Å². The lowest BCUT2D eigenvalue weighted by Crippen LogP contribution is -2.31. The maximum atomic E-state index is 11.8. The van der Waals surface area contributed by atoms with Crippen molar-refractivity contribution in [1.82, 2.24) is 5.32 Å². The average Bonchev–Trinajstić information content (AvgIpc) is 2.98. The summed E-state index contributed by atoms with van der Waals surface area (Å²) in [6, 6.07) is 11.3. The molecule has 0 spiro atoms. The zero-order valence-corrected chi connectivity index (χ0v) is 14.4. The lowest BCUT2D eigenvalue weighted by molar-refractivity contribution is -0.148. The van der Waals surface area contributed by atoms with Gasteiger partial charge in [0.15, 0.2) is 6.61 Å². The average molecular weight is 382 g/mol. The molecular weight excluding hydrogens is 366 g/mol. The summed E-state index contributed by atoms with van der Waals surface area (Å²) in [5.74, 6) is -0.705. The molecule has 2 aromatic rings.